The van der Waals surface area contributed by atoms with Gasteiger partial charge in [0.05, 0.1) is 18.0 Å². The molecule has 0 N–H and O–H groups in total. The minimum Gasteiger partial charge on any atom is -0.465 e. The second kappa shape index (κ2) is 7.51. The standard InChI is InChI=1S/C8H6BrFO3S.C2H6/c1-13-8(12)7-6(10)4(3-14-7)5(11)2-9;1-2/h3H,2H2,1H3;1-2H3. The topological polar surface area (TPSA) is 43.4 Å². The largest absolute Gasteiger partial charge is 0.465 e. The molecule has 16 heavy (non-hydrogen) atoms. The van der Waals surface area contributed by atoms with E-state index < -0.39 is 17.6 Å². The highest BCUT2D eigenvalue weighted by Gasteiger charge is 2.21. The highest BCUT2D eigenvalue weighted by Crippen LogP contribution is 2.22. The number of ketones is 1. The van der Waals surface area contributed by atoms with Crippen LogP contribution in [0.15, 0.2) is 5.38 Å². The fourth-order valence-electron chi connectivity index (χ4n) is 0.834. The van der Waals surface area contributed by atoms with Crippen molar-refractivity contribution in [2.24, 2.45) is 0 Å². The number of methoxy groups -OCH3 is 1. The molecule has 3 nitrogen and oxygen atoms in total. The van der Waals surface area contributed by atoms with Crippen LogP contribution in [0, 0.1) is 5.82 Å². The SMILES string of the molecule is CC.COC(=O)c1scc(C(=O)CBr)c1F. The average molecular weight is 311 g/mol. The van der Waals surface area contributed by atoms with E-state index in [1.807, 2.05) is 13.8 Å². The smallest absolute Gasteiger partial charge is 0.351 e. The van der Waals surface area contributed by atoms with Crippen molar-refractivity contribution in [2.45, 2.75) is 13.8 Å². The van der Waals surface area contributed by atoms with E-state index in [2.05, 4.69) is 20.7 Å². The molecule has 0 aliphatic carbocycles. The van der Waals surface area contributed by atoms with Crippen LogP contribution in [0.2, 0.25) is 0 Å². The highest BCUT2D eigenvalue weighted by molar-refractivity contribution is 9.09. The van der Waals surface area contributed by atoms with Gasteiger partial charge in [-0.15, -0.1) is 11.3 Å². The molecule has 0 bridgehead atoms. The van der Waals surface area contributed by atoms with E-state index in [0.29, 0.717) is 0 Å². The van der Waals surface area contributed by atoms with Crippen molar-refractivity contribution in [1.29, 1.82) is 0 Å². The Kier molecular flexibility index (Phi) is 7.16. The molecule has 1 aromatic rings. The summed E-state index contributed by atoms with van der Waals surface area (Å²) >= 11 is 3.78. The molecule has 0 radical (unpaired) electrons. The Morgan fingerprint density at radius 3 is 2.50 bits per heavy atom. The maximum Gasteiger partial charge on any atom is 0.351 e. The van der Waals surface area contributed by atoms with Gasteiger partial charge in [-0.25, -0.2) is 9.18 Å². The normalized spacial score (nSPS) is 9.06. The highest BCUT2D eigenvalue weighted by atomic mass is 79.9. The van der Waals surface area contributed by atoms with Gasteiger partial charge in [0.1, 0.15) is 4.88 Å². The fraction of sp³-hybridized carbons (Fsp3) is 0.400. The predicted octanol–water partition coefficient (Wildman–Crippen LogP) is 3.28. The van der Waals surface area contributed by atoms with Gasteiger partial charge in [0.2, 0.25) is 0 Å². The van der Waals surface area contributed by atoms with Crippen LogP contribution < -0.4 is 0 Å². The van der Waals surface area contributed by atoms with Crippen LogP contribution in [0.5, 0.6) is 0 Å². The van der Waals surface area contributed by atoms with Crippen molar-refractivity contribution in [2.75, 3.05) is 12.4 Å². The lowest BCUT2D eigenvalue weighted by molar-refractivity contribution is 0.0601. The summed E-state index contributed by atoms with van der Waals surface area (Å²) in [6, 6.07) is 0. The molecule has 0 fully saturated rings. The third-order valence-electron chi connectivity index (χ3n) is 1.52. The molecule has 0 spiro atoms. The van der Waals surface area contributed by atoms with Gasteiger partial charge in [0, 0.05) is 5.38 Å². The van der Waals surface area contributed by atoms with Crippen molar-refractivity contribution in [3.05, 3.63) is 21.6 Å². The van der Waals surface area contributed by atoms with E-state index in [1.54, 1.807) is 0 Å². The number of carbonyl (C=O) groups is 2. The molecule has 0 unspecified atom stereocenters. The van der Waals surface area contributed by atoms with Gasteiger partial charge < -0.3 is 4.74 Å². The van der Waals surface area contributed by atoms with E-state index in [9.17, 15) is 14.0 Å². The first-order valence-corrected chi connectivity index (χ1v) is 6.56. The van der Waals surface area contributed by atoms with E-state index >= 15 is 0 Å². The summed E-state index contributed by atoms with van der Waals surface area (Å²) in [5.41, 5.74) is -0.0766. The lowest BCUT2D eigenvalue weighted by Gasteiger charge is -1.95. The molecule has 0 aliphatic rings. The molecule has 6 heteroatoms. The van der Waals surface area contributed by atoms with Crippen LogP contribution in [0.1, 0.15) is 33.9 Å². The summed E-state index contributed by atoms with van der Waals surface area (Å²) in [5.74, 6) is -1.96. The Bertz CT molecular complexity index is 343. The van der Waals surface area contributed by atoms with Gasteiger partial charge in [0.15, 0.2) is 11.6 Å². The second-order valence-corrected chi connectivity index (χ2v) is 3.78. The third kappa shape index (κ3) is 3.38. The molecule has 1 heterocycles. The average Bonchev–Trinajstić information content (AvgIpc) is 2.71. The minimum absolute atomic E-state index is 0.0290. The fourth-order valence-corrected chi connectivity index (χ4v) is 2.00. The molecular weight excluding hydrogens is 299 g/mol. The van der Waals surface area contributed by atoms with Crippen LogP contribution in [-0.2, 0) is 4.74 Å². The van der Waals surface area contributed by atoms with E-state index in [-0.39, 0.29) is 15.8 Å². The Morgan fingerprint density at radius 1 is 1.50 bits per heavy atom. The quantitative estimate of drug-likeness (QED) is 0.489. The summed E-state index contributed by atoms with van der Waals surface area (Å²) < 4.78 is 17.7. The zero-order valence-electron chi connectivity index (χ0n) is 9.17. The van der Waals surface area contributed by atoms with Gasteiger partial charge in [-0.2, -0.15) is 0 Å². The number of rotatable bonds is 3. The maximum atomic E-state index is 13.4. The molecule has 1 rings (SSSR count). The van der Waals surface area contributed by atoms with Gasteiger partial charge in [-0.3, -0.25) is 4.79 Å². The number of hydrogen-bond acceptors (Lipinski definition) is 4. The summed E-state index contributed by atoms with van der Waals surface area (Å²) in [7, 11) is 1.16. The van der Waals surface area contributed by atoms with Crippen molar-refractivity contribution < 1.29 is 18.7 Å². The van der Waals surface area contributed by atoms with Crippen LogP contribution in [0.4, 0.5) is 4.39 Å². The summed E-state index contributed by atoms with van der Waals surface area (Å²) in [6.45, 7) is 4.00. The maximum absolute atomic E-state index is 13.4. The summed E-state index contributed by atoms with van der Waals surface area (Å²) in [5, 5.41) is 1.34. The van der Waals surface area contributed by atoms with Gasteiger partial charge in [-0.05, 0) is 0 Å². The van der Waals surface area contributed by atoms with E-state index in [0.717, 1.165) is 18.4 Å². The number of halogens is 2. The third-order valence-corrected chi connectivity index (χ3v) is 2.97. The number of alkyl halides is 1. The number of esters is 1. The first kappa shape index (κ1) is 15.2. The molecule has 0 saturated carbocycles. The number of carbonyl (C=O) groups excluding carboxylic acids is 2. The zero-order chi connectivity index (χ0) is 12.7. The molecule has 0 aliphatic heterocycles. The van der Waals surface area contributed by atoms with E-state index in [4.69, 9.17) is 0 Å². The van der Waals surface area contributed by atoms with Gasteiger partial charge in [0.25, 0.3) is 0 Å². The predicted molar refractivity (Wildman–Crippen MR) is 65.1 cm³/mol. The van der Waals surface area contributed by atoms with Gasteiger partial charge in [-0.1, -0.05) is 29.8 Å². The summed E-state index contributed by atoms with van der Waals surface area (Å²) in [4.78, 5) is 21.9. The number of thiophene rings is 1. The lowest BCUT2D eigenvalue weighted by Crippen LogP contribution is -2.05. The van der Waals surface area contributed by atoms with Gasteiger partial charge >= 0.3 is 5.97 Å². The van der Waals surface area contributed by atoms with Crippen LogP contribution >= 0.6 is 27.3 Å². The molecule has 1 aromatic heterocycles. The first-order valence-electron chi connectivity index (χ1n) is 4.56. The molecule has 90 valence electrons. The number of hydrogen-bond donors (Lipinski definition) is 0. The van der Waals surface area contributed by atoms with Crippen LogP contribution in [-0.4, -0.2) is 24.2 Å². The van der Waals surface area contributed by atoms with Crippen molar-refractivity contribution in [3.8, 4) is 0 Å². The molecule has 0 aromatic carbocycles. The molecule has 0 atom stereocenters. The second-order valence-electron chi connectivity index (χ2n) is 2.34. The summed E-state index contributed by atoms with van der Waals surface area (Å²) in [6.07, 6.45) is 0. The Balaban J connectivity index is 0.00000106. The van der Waals surface area contributed by atoms with Crippen molar-refractivity contribution in [1.82, 2.24) is 0 Å². The Morgan fingerprint density at radius 2 is 2.06 bits per heavy atom. The minimum atomic E-state index is -0.800. The van der Waals surface area contributed by atoms with Crippen LogP contribution in [0.3, 0.4) is 0 Å². The monoisotopic (exact) mass is 310 g/mol. The first-order chi connectivity index (χ1) is 7.61. The zero-order valence-corrected chi connectivity index (χ0v) is 11.6. The van der Waals surface area contributed by atoms with Crippen molar-refractivity contribution >= 4 is 39.0 Å². The number of ether oxygens (including phenoxy) is 1. The lowest BCUT2D eigenvalue weighted by atomic mass is 10.2. The Hall–Kier alpha value is -0.750. The molecule has 0 amide bonds. The number of Topliss-reactive ketones (excluding diaryl/α,β-unsaturated/α-hetero) is 1. The molecule has 0 saturated heterocycles. The Labute approximate surface area is 106 Å². The van der Waals surface area contributed by atoms with E-state index in [1.165, 1.54) is 5.38 Å². The van der Waals surface area contributed by atoms with Crippen molar-refractivity contribution in [3.63, 3.8) is 0 Å². The molecular formula is C10H12BrFO3S. The van der Waals surface area contributed by atoms with Crippen LogP contribution in [0.25, 0.3) is 0 Å².